The Hall–Kier alpha value is -1.83. The summed E-state index contributed by atoms with van der Waals surface area (Å²) in [5.41, 5.74) is -0.711. The lowest BCUT2D eigenvalue weighted by molar-refractivity contribution is -0.171. The third-order valence-corrected chi connectivity index (χ3v) is 2.22. The molecule has 0 radical (unpaired) electrons. The number of aliphatic carboxylic acids is 1. The number of carbonyl (C=O) groups excluding carboxylic acids is 2. The number of amides is 2. The number of nitrogens with zero attached hydrogens (tertiary/aromatic N) is 1. The van der Waals surface area contributed by atoms with Crippen LogP contribution in [-0.2, 0) is 19.2 Å². The fourth-order valence-electron chi connectivity index (χ4n) is 1.28. The second kappa shape index (κ2) is 7.68. The molecule has 20 heavy (non-hydrogen) atoms. The van der Waals surface area contributed by atoms with Crippen molar-refractivity contribution in [3.63, 3.8) is 0 Å². The molecule has 0 bridgehead atoms. The molecular weight excluding hydrogens is 268 g/mol. The third-order valence-electron chi connectivity index (χ3n) is 2.22. The first-order chi connectivity index (χ1) is 9.06. The molecule has 2 N–H and O–H groups in total. The molecule has 0 aromatic heterocycles. The second-order valence-corrected chi connectivity index (χ2v) is 5.15. The maximum Gasteiger partial charge on any atom is 0.408 e. The average Bonchev–Trinajstić information content (AvgIpc) is 2.29. The van der Waals surface area contributed by atoms with Crippen molar-refractivity contribution in [2.75, 3.05) is 14.2 Å². The molecule has 8 heteroatoms. The molecule has 0 fully saturated rings. The van der Waals surface area contributed by atoms with Crippen molar-refractivity contribution in [3.05, 3.63) is 0 Å². The van der Waals surface area contributed by atoms with Crippen molar-refractivity contribution >= 4 is 18.0 Å². The number of likely N-dealkylation sites (N-methyl/N-ethyl adjacent to an activating group) is 1. The number of carboxylic acids is 1. The minimum atomic E-state index is -1.06. The van der Waals surface area contributed by atoms with Gasteiger partial charge in [0.1, 0.15) is 11.6 Å². The van der Waals surface area contributed by atoms with E-state index in [0.717, 1.165) is 5.06 Å². The largest absolute Gasteiger partial charge is 0.481 e. The smallest absolute Gasteiger partial charge is 0.408 e. The summed E-state index contributed by atoms with van der Waals surface area (Å²) in [5.74, 6) is -1.62. The van der Waals surface area contributed by atoms with Gasteiger partial charge in [0, 0.05) is 13.5 Å². The van der Waals surface area contributed by atoms with E-state index < -0.39 is 29.6 Å². The topological polar surface area (TPSA) is 105 Å². The first kappa shape index (κ1) is 18.2. The number of nitrogens with one attached hydrogen (secondary N) is 1. The maximum atomic E-state index is 11.9. The average molecular weight is 290 g/mol. The van der Waals surface area contributed by atoms with Crippen LogP contribution in [-0.4, -0.2) is 53.9 Å². The minimum Gasteiger partial charge on any atom is -0.481 e. The van der Waals surface area contributed by atoms with Gasteiger partial charge in [0.2, 0.25) is 0 Å². The van der Waals surface area contributed by atoms with Crippen LogP contribution in [0.4, 0.5) is 4.79 Å². The Labute approximate surface area is 118 Å². The zero-order chi connectivity index (χ0) is 15.9. The standard InChI is InChI=1S/C12H22N2O6/c1-12(2,3)20-11(18)13-8(6-7-9(15)16)10(17)14(4)19-5/h8H,6-7H2,1-5H3,(H,13,18)(H,15,16). The summed E-state index contributed by atoms with van der Waals surface area (Å²) < 4.78 is 5.03. The summed E-state index contributed by atoms with van der Waals surface area (Å²) in [6, 6.07) is -1.02. The van der Waals surface area contributed by atoms with Crippen molar-refractivity contribution < 1.29 is 29.1 Å². The van der Waals surface area contributed by atoms with Gasteiger partial charge in [-0.15, -0.1) is 0 Å². The van der Waals surface area contributed by atoms with Crippen LogP contribution in [0.25, 0.3) is 0 Å². The fourth-order valence-corrected chi connectivity index (χ4v) is 1.28. The van der Waals surface area contributed by atoms with Gasteiger partial charge in [0.25, 0.3) is 5.91 Å². The fraction of sp³-hybridized carbons (Fsp3) is 0.750. The Morgan fingerprint density at radius 1 is 1.30 bits per heavy atom. The summed E-state index contributed by atoms with van der Waals surface area (Å²) in [7, 11) is 2.66. The highest BCUT2D eigenvalue weighted by atomic mass is 16.7. The Morgan fingerprint density at radius 2 is 1.85 bits per heavy atom. The van der Waals surface area contributed by atoms with E-state index in [4.69, 9.17) is 14.7 Å². The van der Waals surface area contributed by atoms with E-state index in [2.05, 4.69) is 5.32 Å². The molecule has 0 aromatic rings. The van der Waals surface area contributed by atoms with E-state index in [1.807, 2.05) is 0 Å². The van der Waals surface area contributed by atoms with E-state index in [1.165, 1.54) is 14.2 Å². The van der Waals surface area contributed by atoms with Gasteiger partial charge in [-0.3, -0.25) is 14.4 Å². The number of carboxylic acid groups (broad SMARTS) is 1. The summed E-state index contributed by atoms with van der Waals surface area (Å²) in [5, 5.41) is 11.9. The lowest BCUT2D eigenvalue weighted by Gasteiger charge is -2.25. The van der Waals surface area contributed by atoms with Gasteiger partial charge in [0.15, 0.2) is 0 Å². The summed E-state index contributed by atoms with van der Waals surface area (Å²) in [6.07, 6.45) is -1.10. The van der Waals surface area contributed by atoms with Crippen LogP contribution >= 0.6 is 0 Å². The molecule has 8 nitrogen and oxygen atoms in total. The van der Waals surface area contributed by atoms with Crippen molar-refractivity contribution in [3.8, 4) is 0 Å². The predicted molar refractivity (Wildman–Crippen MR) is 69.8 cm³/mol. The van der Waals surface area contributed by atoms with Gasteiger partial charge < -0.3 is 15.2 Å². The normalized spacial score (nSPS) is 12.4. The monoisotopic (exact) mass is 290 g/mol. The zero-order valence-electron chi connectivity index (χ0n) is 12.4. The number of ether oxygens (including phenoxy) is 1. The molecular formula is C12H22N2O6. The van der Waals surface area contributed by atoms with E-state index in [1.54, 1.807) is 20.8 Å². The molecule has 0 saturated carbocycles. The summed E-state index contributed by atoms with van der Waals surface area (Å²) >= 11 is 0. The molecule has 0 aliphatic heterocycles. The molecule has 116 valence electrons. The van der Waals surface area contributed by atoms with Gasteiger partial charge in [-0.2, -0.15) is 0 Å². The van der Waals surface area contributed by atoms with Gasteiger partial charge >= 0.3 is 12.1 Å². The molecule has 0 rings (SSSR count). The predicted octanol–water partition coefficient (Wildman–Crippen LogP) is 0.764. The molecule has 0 aliphatic carbocycles. The summed E-state index contributed by atoms with van der Waals surface area (Å²) in [6.45, 7) is 5.05. The molecule has 0 saturated heterocycles. The highest BCUT2D eigenvalue weighted by Crippen LogP contribution is 2.08. The lowest BCUT2D eigenvalue weighted by Crippen LogP contribution is -2.48. The minimum absolute atomic E-state index is 0.0545. The Morgan fingerprint density at radius 3 is 2.25 bits per heavy atom. The number of rotatable bonds is 6. The highest BCUT2D eigenvalue weighted by molar-refractivity contribution is 5.85. The van der Waals surface area contributed by atoms with Gasteiger partial charge in [0.05, 0.1) is 7.11 Å². The van der Waals surface area contributed by atoms with E-state index in [9.17, 15) is 14.4 Å². The van der Waals surface area contributed by atoms with Crippen LogP contribution in [0.15, 0.2) is 0 Å². The van der Waals surface area contributed by atoms with Gasteiger partial charge in [-0.1, -0.05) is 0 Å². The molecule has 1 atom stereocenters. The molecule has 1 unspecified atom stereocenters. The van der Waals surface area contributed by atoms with Crippen molar-refractivity contribution in [1.29, 1.82) is 0 Å². The molecule has 0 aliphatic rings. The Balaban J connectivity index is 4.72. The maximum absolute atomic E-state index is 11.9. The van der Waals surface area contributed by atoms with Crippen LogP contribution in [0.3, 0.4) is 0 Å². The Kier molecular flexibility index (Phi) is 6.98. The van der Waals surface area contributed by atoms with E-state index in [0.29, 0.717) is 0 Å². The zero-order valence-corrected chi connectivity index (χ0v) is 12.4. The number of alkyl carbamates (subject to hydrolysis) is 1. The third kappa shape index (κ3) is 7.57. The number of hydroxylamine groups is 2. The molecule has 0 aromatic carbocycles. The Bertz CT molecular complexity index is 363. The first-order valence-corrected chi connectivity index (χ1v) is 6.10. The molecule has 2 amide bonds. The lowest BCUT2D eigenvalue weighted by atomic mass is 10.1. The van der Waals surface area contributed by atoms with Crippen molar-refractivity contribution in [2.24, 2.45) is 0 Å². The number of hydrogen-bond donors (Lipinski definition) is 2. The molecule has 0 heterocycles. The number of carbonyl (C=O) groups is 3. The SMILES string of the molecule is CON(C)C(=O)C(CCC(=O)O)NC(=O)OC(C)(C)C. The van der Waals surface area contributed by atoms with Crippen molar-refractivity contribution in [1.82, 2.24) is 10.4 Å². The van der Waals surface area contributed by atoms with E-state index >= 15 is 0 Å². The van der Waals surface area contributed by atoms with Crippen LogP contribution in [0.5, 0.6) is 0 Å². The molecule has 0 spiro atoms. The number of hydrogen-bond acceptors (Lipinski definition) is 5. The van der Waals surface area contributed by atoms with Crippen LogP contribution in [0, 0.1) is 0 Å². The van der Waals surface area contributed by atoms with Crippen LogP contribution in [0.2, 0.25) is 0 Å². The van der Waals surface area contributed by atoms with Crippen molar-refractivity contribution in [2.45, 2.75) is 45.3 Å². The van der Waals surface area contributed by atoms with Crippen LogP contribution < -0.4 is 5.32 Å². The first-order valence-electron chi connectivity index (χ1n) is 6.10. The van der Waals surface area contributed by atoms with Gasteiger partial charge in [-0.25, -0.2) is 9.86 Å². The highest BCUT2D eigenvalue weighted by Gasteiger charge is 2.27. The second-order valence-electron chi connectivity index (χ2n) is 5.15. The van der Waals surface area contributed by atoms with E-state index in [-0.39, 0.29) is 12.8 Å². The quantitative estimate of drug-likeness (QED) is 0.700. The van der Waals surface area contributed by atoms with Gasteiger partial charge in [-0.05, 0) is 27.2 Å². The van der Waals surface area contributed by atoms with Crippen LogP contribution in [0.1, 0.15) is 33.6 Å². The summed E-state index contributed by atoms with van der Waals surface area (Å²) in [4.78, 5) is 38.9.